The van der Waals surface area contributed by atoms with Crippen LogP contribution in [0, 0.1) is 0 Å². The molecule has 0 radical (unpaired) electrons. The van der Waals surface area contributed by atoms with E-state index >= 15 is 0 Å². The summed E-state index contributed by atoms with van der Waals surface area (Å²) in [7, 11) is 0. The first-order chi connectivity index (χ1) is 12.0. The number of esters is 1. The molecule has 0 unspecified atom stereocenters. The molecule has 0 aliphatic carbocycles. The monoisotopic (exact) mass is 350 g/mol. The zero-order valence-corrected chi connectivity index (χ0v) is 16.3. The van der Waals surface area contributed by atoms with Crippen molar-refractivity contribution < 1.29 is 9.53 Å². The molecule has 2 aromatic carbocycles. The molecule has 0 saturated heterocycles. The molecule has 2 N–H and O–H groups in total. The number of ether oxygens (including phenoxy) is 1. The van der Waals surface area contributed by atoms with Gasteiger partial charge in [-0.25, -0.2) is 9.79 Å². The number of hydrogen-bond donors (Lipinski definition) is 1. The Morgan fingerprint density at radius 2 is 1.46 bits per heavy atom. The van der Waals surface area contributed by atoms with Crippen LogP contribution in [-0.2, 0) is 15.6 Å². The number of nitrogens with two attached hydrogens (primary N) is 1. The fraction of sp³-hybridized carbons (Fsp3) is 0.364. The fourth-order valence-electron chi connectivity index (χ4n) is 3.19. The van der Waals surface area contributed by atoms with Gasteiger partial charge in [0, 0.05) is 5.69 Å². The van der Waals surface area contributed by atoms with Crippen LogP contribution < -0.4 is 5.73 Å². The van der Waals surface area contributed by atoms with E-state index in [4.69, 9.17) is 15.5 Å². The fourth-order valence-corrected chi connectivity index (χ4v) is 3.19. The molecule has 2 aromatic rings. The van der Waals surface area contributed by atoms with Crippen LogP contribution in [0.3, 0.4) is 0 Å². The first-order valence-electron chi connectivity index (χ1n) is 8.83. The van der Waals surface area contributed by atoms with Crippen molar-refractivity contribution in [3.05, 3.63) is 58.7 Å². The summed E-state index contributed by atoms with van der Waals surface area (Å²) < 4.78 is 5.44. The summed E-state index contributed by atoms with van der Waals surface area (Å²) in [6, 6.07) is 11.3. The molecule has 0 amide bonds. The number of cyclic esters (lactones) is 1. The molecular weight excluding hydrogens is 324 g/mol. The molecule has 26 heavy (non-hydrogen) atoms. The van der Waals surface area contributed by atoms with E-state index in [0.29, 0.717) is 11.5 Å². The van der Waals surface area contributed by atoms with E-state index in [2.05, 4.69) is 41.5 Å². The van der Waals surface area contributed by atoms with Crippen LogP contribution >= 0.6 is 0 Å². The summed E-state index contributed by atoms with van der Waals surface area (Å²) in [4.78, 5) is 16.9. The normalized spacial score (nSPS) is 15.9. The largest absolute Gasteiger partial charge is 0.403 e. The van der Waals surface area contributed by atoms with E-state index in [1.807, 2.05) is 30.3 Å². The highest BCUT2D eigenvalue weighted by Crippen LogP contribution is 2.39. The van der Waals surface area contributed by atoms with Crippen molar-refractivity contribution >= 4 is 23.2 Å². The van der Waals surface area contributed by atoms with Gasteiger partial charge in [-0.15, -0.1) is 0 Å². The second kappa shape index (κ2) is 5.97. The highest BCUT2D eigenvalue weighted by atomic mass is 16.5. The van der Waals surface area contributed by atoms with E-state index in [0.717, 1.165) is 28.1 Å². The third kappa shape index (κ3) is 3.24. The van der Waals surface area contributed by atoms with Gasteiger partial charge in [0.1, 0.15) is 0 Å². The Bertz CT molecular complexity index is 913. The van der Waals surface area contributed by atoms with Gasteiger partial charge in [-0.1, -0.05) is 53.7 Å². The molecule has 1 heterocycles. The minimum absolute atomic E-state index is 0.111. The number of nitrogen functional groups attached to an aromatic ring is 1. The predicted octanol–water partition coefficient (Wildman–Crippen LogP) is 5.11. The number of benzene rings is 2. The van der Waals surface area contributed by atoms with Crippen LogP contribution in [-0.4, -0.2) is 11.9 Å². The van der Waals surface area contributed by atoms with Crippen LogP contribution in [0.2, 0.25) is 0 Å². The maximum Gasteiger partial charge on any atom is 0.345 e. The van der Waals surface area contributed by atoms with Crippen molar-refractivity contribution in [3.63, 3.8) is 0 Å². The summed E-state index contributed by atoms with van der Waals surface area (Å²) in [5.74, 6) is -0.0103. The first kappa shape index (κ1) is 18.2. The second-order valence-electron chi connectivity index (χ2n) is 8.81. The number of carbonyl (C=O) groups excluding carboxylic acids is 1. The Morgan fingerprint density at radius 1 is 0.885 bits per heavy atom. The summed E-state index contributed by atoms with van der Waals surface area (Å²) in [5, 5.41) is 0. The lowest BCUT2D eigenvalue weighted by atomic mass is 9.80. The maximum absolute atomic E-state index is 12.1. The third-order valence-electron chi connectivity index (χ3n) is 4.57. The molecule has 0 atom stereocenters. The molecule has 1 aliphatic heterocycles. The van der Waals surface area contributed by atoms with Gasteiger partial charge in [-0.2, -0.15) is 0 Å². The summed E-state index contributed by atoms with van der Waals surface area (Å²) in [6.07, 6.45) is 0. The number of nitrogens with zero attached hydrogens (tertiary/aromatic N) is 1. The van der Waals surface area contributed by atoms with Crippen LogP contribution in [0.25, 0.3) is 0 Å². The lowest BCUT2D eigenvalue weighted by molar-refractivity contribution is 0.0737. The minimum atomic E-state index is -0.358. The lowest BCUT2D eigenvalue weighted by Crippen LogP contribution is -2.18. The maximum atomic E-state index is 12.1. The predicted molar refractivity (Wildman–Crippen MR) is 106 cm³/mol. The van der Waals surface area contributed by atoms with Crippen molar-refractivity contribution in [2.45, 2.75) is 52.4 Å². The molecule has 136 valence electrons. The molecule has 4 heteroatoms. The molecule has 1 aliphatic rings. The minimum Gasteiger partial charge on any atom is -0.403 e. The highest BCUT2D eigenvalue weighted by molar-refractivity contribution is 6.17. The van der Waals surface area contributed by atoms with Crippen molar-refractivity contribution in [1.82, 2.24) is 0 Å². The van der Waals surface area contributed by atoms with Crippen molar-refractivity contribution in [1.29, 1.82) is 0 Å². The Kier molecular flexibility index (Phi) is 4.18. The average Bonchev–Trinajstić information content (AvgIpc) is 2.83. The second-order valence-corrected chi connectivity index (χ2v) is 8.81. The van der Waals surface area contributed by atoms with Crippen LogP contribution in [0.4, 0.5) is 11.4 Å². The van der Waals surface area contributed by atoms with Crippen molar-refractivity contribution in [2.75, 3.05) is 5.73 Å². The van der Waals surface area contributed by atoms with Gasteiger partial charge in [0.05, 0.1) is 16.8 Å². The zero-order chi connectivity index (χ0) is 19.3. The van der Waals surface area contributed by atoms with Gasteiger partial charge < -0.3 is 10.5 Å². The van der Waals surface area contributed by atoms with Crippen LogP contribution in [0.5, 0.6) is 0 Å². The number of rotatable bonds is 1. The molecular formula is C22H26N2O2. The van der Waals surface area contributed by atoms with Crippen LogP contribution in [0.15, 0.2) is 41.4 Å². The Hall–Kier alpha value is -2.62. The number of carbonyl (C=O) groups is 1. The van der Waals surface area contributed by atoms with Gasteiger partial charge in [-0.05, 0) is 46.2 Å². The van der Waals surface area contributed by atoms with Crippen molar-refractivity contribution in [2.24, 2.45) is 4.99 Å². The van der Waals surface area contributed by atoms with E-state index < -0.39 is 0 Å². The number of hydrogen-bond acceptors (Lipinski definition) is 4. The quantitative estimate of drug-likeness (QED) is 0.574. The standard InChI is InChI=1S/C22H26N2O2/c1-21(2,3)15-12-18(16(11-17(15)23)22(4,5)6)24-19-13-9-7-8-10-14(13)20(25)26-19/h7-12H,23H2,1-6H3. The molecule has 0 saturated carbocycles. The SMILES string of the molecule is CC(C)(C)c1cc(N=C2OC(=O)c3ccccc32)c(C(C)(C)C)cc1N. The zero-order valence-electron chi connectivity index (χ0n) is 16.3. The van der Waals surface area contributed by atoms with Crippen molar-refractivity contribution in [3.8, 4) is 0 Å². The Balaban J connectivity index is 2.23. The van der Waals surface area contributed by atoms with Crippen LogP contribution in [0.1, 0.15) is 68.6 Å². The van der Waals surface area contributed by atoms with Gasteiger partial charge in [0.15, 0.2) is 0 Å². The number of aliphatic imine (C=N–C) groups is 1. The van der Waals surface area contributed by atoms with E-state index in [-0.39, 0.29) is 16.8 Å². The summed E-state index contributed by atoms with van der Waals surface area (Å²) >= 11 is 0. The topological polar surface area (TPSA) is 64.7 Å². The smallest absolute Gasteiger partial charge is 0.345 e. The molecule has 3 rings (SSSR count). The van der Waals surface area contributed by atoms with Gasteiger partial charge in [0.2, 0.25) is 5.90 Å². The number of anilines is 1. The highest BCUT2D eigenvalue weighted by Gasteiger charge is 2.29. The Labute approximate surface area is 155 Å². The van der Waals surface area contributed by atoms with E-state index in [1.165, 1.54) is 0 Å². The van der Waals surface area contributed by atoms with Gasteiger partial charge >= 0.3 is 5.97 Å². The third-order valence-corrected chi connectivity index (χ3v) is 4.57. The molecule has 4 nitrogen and oxygen atoms in total. The lowest BCUT2D eigenvalue weighted by Gasteiger charge is -2.27. The number of fused-ring (bicyclic) bond motifs is 1. The first-order valence-corrected chi connectivity index (χ1v) is 8.83. The van der Waals surface area contributed by atoms with Gasteiger partial charge in [-0.3, -0.25) is 0 Å². The molecule has 0 fully saturated rings. The summed E-state index contributed by atoms with van der Waals surface area (Å²) in [5.41, 5.74) is 11.0. The van der Waals surface area contributed by atoms with E-state index in [1.54, 1.807) is 6.07 Å². The molecule has 0 aromatic heterocycles. The van der Waals surface area contributed by atoms with Gasteiger partial charge in [0.25, 0.3) is 0 Å². The summed E-state index contributed by atoms with van der Waals surface area (Å²) in [6.45, 7) is 12.7. The molecule has 0 bridgehead atoms. The average molecular weight is 350 g/mol. The Morgan fingerprint density at radius 3 is 2.04 bits per heavy atom. The molecule has 0 spiro atoms. The van der Waals surface area contributed by atoms with E-state index in [9.17, 15) is 4.79 Å².